The second-order valence-corrected chi connectivity index (χ2v) is 5.86. The summed E-state index contributed by atoms with van der Waals surface area (Å²) in [5.41, 5.74) is 2.27. The highest BCUT2D eigenvalue weighted by Gasteiger charge is 2.13. The number of benzene rings is 2. The van der Waals surface area contributed by atoms with E-state index in [1.165, 1.54) is 0 Å². The molecule has 3 rings (SSSR count). The molecular formula is C18H17ClN2O2. The molecule has 5 heteroatoms. The molecule has 0 unspecified atom stereocenters. The van der Waals surface area contributed by atoms with Gasteiger partial charge in [-0.3, -0.25) is 4.79 Å². The maximum Gasteiger partial charge on any atom is 0.252 e. The fraction of sp³-hybridized carbons (Fsp3) is 0.167. The normalized spacial score (nSPS) is 12.3. The Morgan fingerprint density at radius 1 is 1.26 bits per heavy atom. The Balaban J connectivity index is 1.69. The molecule has 0 spiro atoms. The summed E-state index contributed by atoms with van der Waals surface area (Å²) in [6.45, 7) is 0.127. The van der Waals surface area contributed by atoms with E-state index in [9.17, 15) is 9.90 Å². The summed E-state index contributed by atoms with van der Waals surface area (Å²) in [4.78, 5) is 12.1. The monoisotopic (exact) mass is 328 g/mol. The SMILES string of the molecule is Cn1ccc2cc([C@H](O)CNC(=O)c3ccccc3Cl)ccc21. The quantitative estimate of drug-likeness (QED) is 0.772. The highest BCUT2D eigenvalue weighted by Crippen LogP contribution is 2.21. The van der Waals surface area contributed by atoms with E-state index in [1.54, 1.807) is 24.3 Å². The Labute approximate surface area is 139 Å². The molecule has 1 amide bonds. The molecule has 23 heavy (non-hydrogen) atoms. The number of aliphatic hydroxyl groups excluding tert-OH is 1. The van der Waals surface area contributed by atoms with Crippen molar-refractivity contribution in [2.75, 3.05) is 6.54 Å². The Morgan fingerprint density at radius 2 is 2.04 bits per heavy atom. The maximum absolute atomic E-state index is 12.1. The fourth-order valence-electron chi connectivity index (χ4n) is 2.56. The average molecular weight is 329 g/mol. The van der Waals surface area contributed by atoms with Crippen molar-refractivity contribution in [2.45, 2.75) is 6.10 Å². The summed E-state index contributed by atoms with van der Waals surface area (Å²) >= 11 is 5.99. The first kappa shape index (κ1) is 15.6. The number of aliphatic hydroxyl groups is 1. The first-order valence-electron chi connectivity index (χ1n) is 7.32. The number of carbonyl (C=O) groups excluding carboxylic acids is 1. The van der Waals surface area contributed by atoms with Crippen molar-refractivity contribution in [3.05, 3.63) is 70.9 Å². The maximum atomic E-state index is 12.1. The van der Waals surface area contributed by atoms with Gasteiger partial charge in [0, 0.05) is 25.3 Å². The lowest BCUT2D eigenvalue weighted by Crippen LogP contribution is -2.28. The first-order valence-corrected chi connectivity index (χ1v) is 7.70. The van der Waals surface area contributed by atoms with Gasteiger partial charge in [-0.2, -0.15) is 0 Å². The smallest absolute Gasteiger partial charge is 0.252 e. The minimum atomic E-state index is -0.772. The van der Waals surface area contributed by atoms with Gasteiger partial charge in [-0.15, -0.1) is 0 Å². The number of hydrogen-bond donors (Lipinski definition) is 2. The molecule has 0 aliphatic carbocycles. The fourth-order valence-corrected chi connectivity index (χ4v) is 2.78. The minimum Gasteiger partial charge on any atom is -0.387 e. The van der Waals surface area contributed by atoms with Crippen molar-refractivity contribution < 1.29 is 9.90 Å². The molecule has 0 aliphatic heterocycles. The van der Waals surface area contributed by atoms with Crippen LogP contribution >= 0.6 is 11.6 Å². The van der Waals surface area contributed by atoms with Gasteiger partial charge in [0.25, 0.3) is 5.91 Å². The average Bonchev–Trinajstić information content (AvgIpc) is 2.93. The number of hydrogen-bond acceptors (Lipinski definition) is 2. The molecule has 4 nitrogen and oxygen atoms in total. The third-order valence-electron chi connectivity index (χ3n) is 3.87. The van der Waals surface area contributed by atoms with Crippen LogP contribution in [0.3, 0.4) is 0 Å². The van der Waals surface area contributed by atoms with Gasteiger partial charge >= 0.3 is 0 Å². The Hall–Kier alpha value is -2.30. The molecule has 1 heterocycles. The van der Waals surface area contributed by atoms with Gasteiger partial charge in [-0.05, 0) is 41.3 Å². The molecule has 0 radical (unpaired) electrons. The van der Waals surface area contributed by atoms with Crippen molar-refractivity contribution >= 4 is 28.4 Å². The Morgan fingerprint density at radius 3 is 2.83 bits per heavy atom. The van der Waals surface area contributed by atoms with Crippen LogP contribution in [-0.4, -0.2) is 22.1 Å². The number of nitrogens with zero attached hydrogens (tertiary/aromatic N) is 1. The highest BCUT2D eigenvalue weighted by atomic mass is 35.5. The number of fused-ring (bicyclic) bond motifs is 1. The van der Waals surface area contributed by atoms with Crippen molar-refractivity contribution in [2.24, 2.45) is 7.05 Å². The van der Waals surface area contributed by atoms with Gasteiger partial charge in [0.2, 0.25) is 0 Å². The van der Waals surface area contributed by atoms with Crippen molar-refractivity contribution in [1.29, 1.82) is 0 Å². The number of nitrogens with one attached hydrogen (secondary N) is 1. The Bertz CT molecular complexity index is 857. The van der Waals surface area contributed by atoms with Crippen molar-refractivity contribution in [3.8, 4) is 0 Å². The topological polar surface area (TPSA) is 54.3 Å². The number of halogens is 1. The number of rotatable bonds is 4. The van der Waals surface area contributed by atoms with Gasteiger partial charge in [-0.25, -0.2) is 0 Å². The van der Waals surface area contributed by atoms with E-state index < -0.39 is 6.10 Å². The number of carbonyl (C=O) groups is 1. The molecule has 1 aromatic heterocycles. The van der Waals surface area contributed by atoms with E-state index in [-0.39, 0.29) is 12.5 Å². The molecule has 118 valence electrons. The largest absolute Gasteiger partial charge is 0.387 e. The molecule has 0 fully saturated rings. The van der Waals surface area contributed by atoms with Crippen LogP contribution in [0.15, 0.2) is 54.7 Å². The summed E-state index contributed by atoms with van der Waals surface area (Å²) in [7, 11) is 1.97. The summed E-state index contributed by atoms with van der Waals surface area (Å²) in [6.07, 6.45) is 1.20. The third kappa shape index (κ3) is 3.23. The zero-order valence-electron chi connectivity index (χ0n) is 12.7. The van der Waals surface area contributed by atoms with E-state index in [2.05, 4.69) is 5.32 Å². The van der Waals surface area contributed by atoms with E-state index in [0.717, 1.165) is 16.5 Å². The van der Waals surface area contributed by atoms with Gasteiger partial charge in [0.15, 0.2) is 0 Å². The Kier molecular flexibility index (Phi) is 4.37. The molecular weight excluding hydrogens is 312 g/mol. The van der Waals surface area contributed by atoms with Crippen LogP contribution in [0.25, 0.3) is 10.9 Å². The number of aryl methyl sites for hydroxylation is 1. The molecule has 0 aliphatic rings. The highest BCUT2D eigenvalue weighted by molar-refractivity contribution is 6.33. The standard InChI is InChI=1S/C18H17ClN2O2/c1-21-9-8-12-10-13(6-7-16(12)21)17(22)11-20-18(23)14-4-2-3-5-15(14)19/h2-10,17,22H,11H2,1H3,(H,20,23)/t17-/m1/s1. The van der Waals surface area contributed by atoms with Gasteiger partial charge < -0.3 is 15.0 Å². The minimum absolute atomic E-state index is 0.127. The van der Waals surface area contributed by atoms with Crippen molar-refractivity contribution in [1.82, 2.24) is 9.88 Å². The van der Waals surface area contributed by atoms with Gasteiger partial charge in [0.05, 0.1) is 16.7 Å². The zero-order valence-corrected chi connectivity index (χ0v) is 13.4. The van der Waals surface area contributed by atoms with E-state index in [0.29, 0.717) is 10.6 Å². The van der Waals surface area contributed by atoms with Gasteiger partial charge in [-0.1, -0.05) is 29.8 Å². The van der Waals surface area contributed by atoms with Crippen LogP contribution in [-0.2, 0) is 7.05 Å². The number of amides is 1. The summed E-state index contributed by atoms with van der Waals surface area (Å²) in [5, 5.41) is 14.5. The second-order valence-electron chi connectivity index (χ2n) is 5.45. The lowest BCUT2D eigenvalue weighted by Gasteiger charge is -2.13. The predicted molar refractivity (Wildman–Crippen MR) is 91.7 cm³/mol. The zero-order chi connectivity index (χ0) is 16.4. The molecule has 0 saturated heterocycles. The van der Waals surface area contributed by atoms with Gasteiger partial charge in [0.1, 0.15) is 0 Å². The van der Waals surface area contributed by atoms with Crippen LogP contribution in [0.1, 0.15) is 22.0 Å². The van der Waals surface area contributed by atoms with Crippen LogP contribution in [0.5, 0.6) is 0 Å². The third-order valence-corrected chi connectivity index (χ3v) is 4.20. The first-order chi connectivity index (χ1) is 11.1. The lowest BCUT2D eigenvalue weighted by atomic mass is 10.1. The summed E-state index contributed by atoms with van der Waals surface area (Å²) in [5.74, 6) is -0.296. The molecule has 3 aromatic rings. The summed E-state index contributed by atoms with van der Waals surface area (Å²) in [6, 6.07) is 14.6. The number of aromatic nitrogens is 1. The molecule has 0 bridgehead atoms. The van der Waals surface area contributed by atoms with Crippen LogP contribution < -0.4 is 5.32 Å². The van der Waals surface area contributed by atoms with E-state index in [4.69, 9.17) is 11.6 Å². The summed E-state index contributed by atoms with van der Waals surface area (Å²) < 4.78 is 2.02. The van der Waals surface area contributed by atoms with Crippen LogP contribution in [0, 0.1) is 0 Å². The second kappa shape index (κ2) is 6.44. The predicted octanol–water partition coefficient (Wildman–Crippen LogP) is 3.30. The molecule has 1 atom stereocenters. The lowest BCUT2D eigenvalue weighted by molar-refractivity contribution is 0.0916. The van der Waals surface area contributed by atoms with Crippen LogP contribution in [0.4, 0.5) is 0 Å². The van der Waals surface area contributed by atoms with E-state index in [1.807, 2.05) is 42.1 Å². The van der Waals surface area contributed by atoms with Crippen molar-refractivity contribution in [3.63, 3.8) is 0 Å². The molecule has 0 saturated carbocycles. The van der Waals surface area contributed by atoms with Crippen LogP contribution in [0.2, 0.25) is 5.02 Å². The van der Waals surface area contributed by atoms with E-state index >= 15 is 0 Å². The molecule has 2 aromatic carbocycles. The molecule has 2 N–H and O–H groups in total.